The quantitative estimate of drug-likeness (QED) is 0.0950. The molecule has 326 valence electrons. The van der Waals surface area contributed by atoms with Gasteiger partial charge in [0.25, 0.3) is 0 Å². The molecular formula is C60H55IN4Si. The van der Waals surface area contributed by atoms with E-state index in [1.807, 2.05) is 12.1 Å². The third kappa shape index (κ3) is 8.23. The zero-order valence-electron chi connectivity index (χ0n) is 39.3. The molecule has 7 aromatic rings. The van der Waals surface area contributed by atoms with Gasteiger partial charge in [0.1, 0.15) is 8.07 Å². The van der Waals surface area contributed by atoms with Gasteiger partial charge in [0, 0.05) is 59.0 Å². The van der Waals surface area contributed by atoms with Crippen molar-refractivity contribution in [1.82, 2.24) is 19.9 Å². The minimum absolute atomic E-state index is 0.563. The number of halogens is 1. The van der Waals surface area contributed by atoms with E-state index in [-0.39, 0.29) is 0 Å². The molecule has 6 heteroatoms. The van der Waals surface area contributed by atoms with Crippen LogP contribution >= 0.6 is 22.6 Å². The number of H-pyrrole nitrogens is 2. The van der Waals surface area contributed by atoms with E-state index < -0.39 is 8.07 Å². The van der Waals surface area contributed by atoms with Crippen LogP contribution in [0, 0.1) is 48.1 Å². The predicted octanol–water partition coefficient (Wildman–Crippen LogP) is 16.4. The Morgan fingerprint density at radius 2 is 0.864 bits per heavy atom. The van der Waals surface area contributed by atoms with Crippen LogP contribution in [0.15, 0.2) is 109 Å². The van der Waals surface area contributed by atoms with Gasteiger partial charge in [0.05, 0.1) is 22.8 Å². The number of terminal acetylenes is 1. The Bertz CT molecular complexity index is 3330. The summed E-state index contributed by atoms with van der Waals surface area (Å²) in [6.45, 7) is 20.7. The van der Waals surface area contributed by atoms with Gasteiger partial charge in [-0.15, -0.1) is 12.0 Å². The lowest BCUT2D eigenvalue weighted by molar-refractivity contribution is 0.838. The lowest BCUT2D eigenvalue weighted by Crippen LogP contribution is -2.43. The van der Waals surface area contributed by atoms with Crippen molar-refractivity contribution < 1.29 is 0 Å². The topological polar surface area (TPSA) is 57.4 Å². The van der Waals surface area contributed by atoms with E-state index in [0.717, 1.165) is 100 Å². The second-order valence-electron chi connectivity index (χ2n) is 18.7. The van der Waals surface area contributed by atoms with Gasteiger partial charge >= 0.3 is 0 Å². The molecule has 8 bridgehead atoms. The van der Waals surface area contributed by atoms with E-state index >= 15 is 0 Å². The summed E-state index contributed by atoms with van der Waals surface area (Å²) in [5.41, 5.74) is 26.8. The van der Waals surface area contributed by atoms with E-state index in [2.05, 4.69) is 234 Å². The maximum atomic E-state index is 5.85. The molecule has 0 aliphatic carbocycles. The number of hydrogen-bond acceptors (Lipinski definition) is 2. The molecule has 0 spiro atoms. The maximum absolute atomic E-state index is 5.85. The average molecular weight is 987 g/mol. The Hall–Kier alpha value is -6.45. The number of fused-ring (bicyclic) bond motifs is 8. The number of aromatic amines is 2. The lowest BCUT2D eigenvalue weighted by atomic mass is 9.92. The summed E-state index contributed by atoms with van der Waals surface area (Å²) < 4.78 is 1.17. The van der Waals surface area contributed by atoms with Crippen molar-refractivity contribution in [2.45, 2.75) is 78.9 Å². The Balaban J connectivity index is 1.38. The Kier molecular flexibility index (Phi) is 12.3. The maximum Gasteiger partial charge on any atom is 0.146 e. The Labute approximate surface area is 405 Å². The number of hydrogen-bond donors (Lipinski definition) is 2. The smallest absolute Gasteiger partial charge is 0.146 e. The summed E-state index contributed by atoms with van der Waals surface area (Å²) >= 11 is 2.38. The van der Waals surface area contributed by atoms with Gasteiger partial charge in [0.2, 0.25) is 0 Å². The van der Waals surface area contributed by atoms with Crippen LogP contribution in [0.5, 0.6) is 0 Å². The first-order chi connectivity index (χ1) is 31.7. The Morgan fingerprint density at radius 3 is 1.29 bits per heavy atom. The van der Waals surface area contributed by atoms with Crippen molar-refractivity contribution in [2.24, 2.45) is 0 Å². The molecule has 2 aliphatic heterocycles. The average Bonchev–Trinajstić information content (AvgIpc) is 4.14. The van der Waals surface area contributed by atoms with Gasteiger partial charge in [-0.05, 0) is 178 Å². The van der Waals surface area contributed by atoms with Crippen molar-refractivity contribution in [3.63, 3.8) is 0 Å². The summed E-state index contributed by atoms with van der Waals surface area (Å²) in [5.74, 6) is 6.47. The predicted molar refractivity (Wildman–Crippen MR) is 293 cm³/mol. The molecule has 5 heterocycles. The van der Waals surface area contributed by atoms with Gasteiger partial charge < -0.3 is 9.97 Å². The van der Waals surface area contributed by atoms with E-state index in [4.69, 9.17) is 16.4 Å². The van der Waals surface area contributed by atoms with Crippen LogP contribution in [0.2, 0.25) is 16.6 Å². The third-order valence-electron chi connectivity index (χ3n) is 13.6. The standard InChI is InChI=1S/C60H55IN4Si/c1-11-42-12-16-44(17-13-42)57-48-24-25-49(62-48)58(45-18-14-43(15-19-45)32-33-66(36(2)3,37(4)5)38(6)7)50-26-27-51(63-50)59(46-20-22-47(61)23-21-46)53-29-31-55(65-53)60(54-30-28-52(57)64-54)56-40(9)34-39(8)35-41(56)10/h1,12-31,34-38,62-63H,2-10H3. The fraction of sp³-hybridized carbons (Fsp3) is 0.200. The first kappa shape index (κ1) is 44.7. The summed E-state index contributed by atoms with van der Waals surface area (Å²) in [6, 6.07) is 39.0. The normalized spacial score (nSPS) is 12.2. The molecule has 0 fully saturated rings. The molecule has 66 heavy (non-hydrogen) atoms. The van der Waals surface area contributed by atoms with Crippen LogP contribution in [0.4, 0.5) is 0 Å². The van der Waals surface area contributed by atoms with Crippen LogP contribution in [-0.2, 0) is 0 Å². The van der Waals surface area contributed by atoms with Crippen LogP contribution < -0.4 is 0 Å². The van der Waals surface area contributed by atoms with Crippen molar-refractivity contribution >= 4 is 77.0 Å². The van der Waals surface area contributed by atoms with Gasteiger partial charge in [-0.25, -0.2) is 9.97 Å². The van der Waals surface area contributed by atoms with Gasteiger partial charge in [-0.3, -0.25) is 0 Å². The number of benzene rings is 4. The highest BCUT2D eigenvalue weighted by Gasteiger charge is 2.41. The highest BCUT2D eigenvalue weighted by Crippen LogP contribution is 2.42. The van der Waals surface area contributed by atoms with Crippen LogP contribution in [-0.4, -0.2) is 28.0 Å². The molecule has 9 rings (SSSR count). The SMILES string of the molecule is C#Cc1ccc(-c2c3nc(c(-c4c(C)cc(C)cc4C)c4nc(c(-c5ccc(I)cc5)c5ccc([nH]5)c(-c5ccc(C#C[Si](C(C)C)(C(C)C)C(C)C)cc5)c5ccc2[nH]5)C=C4)C=C3)cc1. The van der Waals surface area contributed by atoms with Crippen LogP contribution in [0.1, 0.15) is 92.1 Å². The third-order valence-corrected chi connectivity index (χ3v) is 20.6. The molecular weight excluding hydrogens is 932 g/mol. The van der Waals surface area contributed by atoms with Crippen molar-refractivity contribution in [1.29, 1.82) is 0 Å². The van der Waals surface area contributed by atoms with Crippen LogP contribution in [0.3, 0.4) is 0 Å². The first-order valence-corrected chi connectivity index (χ1v) is 26.3. The molecule has 3 aromatic heterocycles. The summed E-state index contributed by atoms with van der Waals surface area (Å²) in [5, 5.41) is 0. The van der Waals surface area contributed by atoms with Gasteiger partial charge in [-0.2, -0.15) is 0 Å². The number of nitrogens with zero attached hydrogens (tertiary/aromatic N) is 2. The van der Waals surface area contributed by atoms with E-state index in [0.29, 0.717) is 16.6 Å². The molecule has 4 aromatic carbocycles. The van der Waals surface area contributed by atoms with Gasteiger partial charge in [0.15, 0.2) is 0 Å². The summed E-state index contributed by atoms with van der Waals surface area (Å²) in [6.07, 6.45) is 14.5. The number of aryl methyl sites for hydroxylation is 3. The highest BCUT2D eigenvalue weighted by molar-refractivity contribution is 14.1. The monoisotopic (exact) mass is 986 g/mol. The van der Waals surface area contributed by atoms with Crippen molar-refractivity contribution in [3.05, 3.63) is 163 Å². The molecule has 2 aliphatic rings. The summed E-state index contributed by atoms with van der Waals surface area (Å²) in [4.78, 5) is 18.9. The number of nitrogens with one attached hydrogen (secondary N) is 2. The molecule has 0 atom stereocenters. The fourth-order valence-electron chi connectivity index (χ4n) is 10.6. The highest BCUT2D eigenvalue weighted by atomic mass is 127. The van der Waals surface area contributed by atoms with Crippen molar-refractivity contribution in [3.8, 4) is 68.3 Å². The summed E-state index contributed by atoms with van der Waals surface area (Å²) in [7, 11) is -1.91. The first-order valence-electron chi connectivity index (χ1n) is 23.0. The van der Waals surface area contributed by atoms with E-state index in [1.165, 1.54) is 20.3 Å². The molecule has 0 amide bonds. The number of rotatable bonds is 7. The molecule has 2 N–H and O–H groups in total. The molecule has 4 nitrogen and oxygen atoms in total. The minimum atomic E-state index is -1.91. The fourth-order valence-corrected chi connectivity index (χ4v) is 16.2. The second-order valence-corrected chi connectivity index (χ2v) is 25.6. The number of aromatic nitrogens is 4. The molecule has 0 saturated carbocycles. The molecule has 0 radical (unpaired) electrons. The van der Waals surface area contributed by atoms with E-state index in [1.54, 1.807) is 0 Å². The molecule has 0 saturated heterocycles. The second kappa shape index (κ2) is 18.1. The molecule has 0 unspecified atom stereocenters. The lowest BCUT2D eigenvalue weighted by Gasteiger charge is -2.38. The Morgan fingerprint density at radius 1 is 0.485 bits per heavy atom. The van der Waals surface area contributed by atoms with Gasteiger partial charge in [-0.1, -0.05) is 107 Å². The zero-order chi connectivity index (χ0) is 46.4. The minimum Gasteiger partial charge on any atom is -0.354 e. The zero-order valence-corrected chi connectivity index (χ0v) is 42.4. The van der Waals surface area contributed by atoms with Crippen LogP contribution in [0.25, 0.3) is 90.9 Å². The van der Waals surface area contributed by atoms with Crippen molar-refractivity contribution in [2.75, 3.05) is 0 Å². The van der Waals surface area contributed by atoms with E-state index in [9.17, 15) is 0 Å². The largest absolute Gasteiger partial charge is 0.354 e.